The molecule has 0 bridgehead atoms. The molecule has 0 spiro atoms. The second kappa shape index (κ2) is 10.9. The smallest absolute Gasteiger partial charge is 0.336 e. The highest BCUT2D eigenvalue weighted by Gasteiger charge is 2.16. The molecule has 1 aromatic rings. The highest BCUT2D eigenvalue weighted by Crippen LogP contribution is 2.32. The fourth-order valence-corrected chi connectivity index (χ4v) is 2.87. The van der Waals surface area contributed by atoms with Crippen LogP contribution in [0.4, 0.5) is 0 Å². The first-order valence-corrected chi connectivity index (χ1v) is 8.85. The zero-order chi connectivity index (χ0) is 17.1. The lowest BCUT2D eigenvalue weighted by atomic mass is 9.98. The number of aromatic carboxylic acids is 1. The molecule has 0 heterocycles. The molecule has 0 radical (unpaired) electrons. The third-order valence-electron chi connectivity index (χ3n) is 4.27. The Morgan fingerprint density at radius 3 is 1.91 bits per heavy atom. The third-order valence-corrected chi connectivity index (χ3v) is 4.27. The molecule has 0 saturated heterocycles. The van der Waals surface area contributed by atoms with Crippen LogP contribution in [0, 0.1) is 0 Å². The number of aromatic hydroxyl groups is 2. The van der Waals surface area contributed by atoms with E-state index in [2.05, 4.69) is 6.92 Å². The van der Waals surface area contributed by atoms with Gasteiger partial charge in [0.05, 0.1) is 5.56 Å². The van der Waals surface area contributed by atoms with Crippen molar-refractivity contribution < 1.29 is 20.1 Å². The van der Waals surface area contributed by atoms with Crippen LogP contribution in [-0.2, 0) is 6.42 Å². The maximum absolute atomic E-state index is 11.2. The number of carbonyl (C=O) groups is 1. The van der Waals surface area contributed by atoms with Gasteiger partial charge in [-0.05, 0) is 25.0 Å². The van der Waals surface area contributed by atoms with Gasteiger partial charge in [0.15, 0.2) is 11.5 Å². The number of hydrogen-bond acceptors (Lipinski definition) is 3. The molecule has 0 unspecified atom stereocenters. The van der Waals surface area contributed by atoms with Crippen molar-refractivity contribution >= 4 is 5.97 Å². The predicted octanol–water partition coefficient (Wildman–Crippen LogP) is 5.26. The molecule has 3 N–H and O–H groups in total. The summed E-state index contributed by atoms with van der Waals surface area (Å²) in [6, 6.07) is 2.57. The molecule has 130 valence electrons. The Balaban J connectivity index is 2.26. The Morgan fingerprint density at radius 1 is 0.870 bits per heavy atom. The number of phenolic OH excluding ortho intramolecular Hbond substituents is 2. The van der Waals surface area contributed by atoms with Crippen molar-refractivity contribution in [1.29, 1.82) is 0 Å². The third kappa shape index (κ3) is 6.93. The molecule has 0 aliphatic rings. The number of benzene rings is 1. The lowest BCUT2D eigenvalue weighted by Crippen LogP contribution is -2.03. The monoisotopic (exact) mass is 322 g/mol. The molecule has 0 aromatic heterocycles. The van der Waals surface area contributed by atoms with E-state index in [0.29, 0.717) is 12.0 Å². The molecule has 0 fully saturated rings. The second-order valence-electron chi connectivity index (χ2n) is 6.20. The molecular weight excluding hydrogens is 292 g/mol. The molecular formula is C19H30O4. The zero-order valence-electron chi connectivity index (χ0n) is 14.2. The molecule has 0 saturated carbocycles. The minimum atomic E-state index is -1.07. The van der Waals surface area contributed by atoms with Gasteiger partial charge in [-0.25, -0.2) is 4.79 Å². The van der Waals surface area contributed by atoms with Crippen LogP contribution in [0.2, 0.25) is 0 Å². The van der Waals surface area contributed by atoms with E-state index in [1.54, 1.807) is 0 Å². The van der Waals surface area contributed by atoms with Crippen molar-refractivity contribution in [3.8, 4) is 11.5 Å². The first-order valence-electron chi connectivity index (χ1n) is 8.85. The van der Waals surface area contributed by atoms with Crippen molar-refractivity contribution in [2.24, 2.45) is 0 Å². The number of unbranched alkanes of at least 4 members (excludes halogenated alkanes) is 9. The summed E-state index contributed by atoms with van der Waals surface area (Å²) in [6.07, 6.45) is 12.5. The Kier molecular flexibility index (Phi) is 9.18. The zero-order valence-corrected chi connectivity index (χ0v) is 14.2. The summed E-state index contributed by atoms with van der Waals surface area (Å²) in [5, 5.41) is 28.5. The summed E-state index contributed by atoms with van der Waals surface area (Å²) in [5.41, 5.74) is 0.424. The van der Waals surface area contributed by atoms with Crippen molar-refractivity contribution in [3.63, 3.8) is 0 Å². The quantitative estimate of drug-likeness (QED) is 0.362. The van der Waals surface area contributed by atoms with Gasteiger partial charge in [-0.3, -0.25) is 0 Å². The molecule has 0 amide bonds. The van der Waals surface area contributed by atoms with E-state index < -0.39 is 5.97 Å². The molecule has 0 atom stereocenters. The number of carboxylic acid groups (broad SMARTS) is 1. The largest absolute Gasteiger partial charge is 0.504 e. The highest BCUT2D eigenvalue weighted by molar-refractivity contribution is 5.90. The molecule has 4 heteroatoms. The van der Waals surface area contributed by atoms with Crippen LogP contribution in [0.25, 0.3) is 0 Å². The summed E-state index contributed by atoms with van der Waals surface area (Å²) in [4.78, 5) is 11.2. The maximum Gasteiger partial charge on any atom is 0.336 e. The lowest BCUT2D eigenvalue weighted by Gasteiger charge is -2.10. The Bertz CT molecular complexity index is 483. The standard InChI is InChI=1S/C19H30O4/c1-2-3-4-5-6-7-8-9-10-11-12-15-16(19(22)23)13-14-17(20)18(15)21/h13-14,20-21H,2-12H2,1H3,(H,22,23). The van der Waals surface area contributed by atoms with E-state index in [1.165, 1.54) is 57.1 Å². The average Bonchev–Trinajstić information content (AvgIpc) is 2.52. The Labute approximate surface area is 139 Å². The summed E-state index contributed by atoms with van der Waals surface area (Å²) < 4.78 is 0. The van der Waals surface area contributed by atoms with E-state index in [1.807, 2.05) is 0 Å². The fraction of sp³-hybridized carbons (Fsp3) is 0.632. The van der Waals surface area contributed by atoms with Crippen molar-refractivity contribution in [2.75, 3.05) is 0 Å². The summed E-state index contributed by atoms with van der Waals surface area (Å²) in [7, 11) is 0. The van der Waals surface area contributed by atoms with Gasteiger partial charge in [0, 0.05) is 5.56 Å². The maximum atomic E-state index is 11.2. The second-order valence-corrected chi connectivity index (χ2v) is 6.20. The van der Waals surface area contributed by atoms with Crippen LogP contribution >= 0.6 is 0 Å². The van der Waals surface area contributed by atoms with E-state index in [4.69, 9.17) is 5.11 Å². The first-order chi connectivity index (χ1) is 11.1. The normalized spacial score (nSPS) is 10.8. The van der Waals surface area contributed by atoms with Crippen molar-refractivity contribution in [2.45, 2.75) is 77.6 Å². The van der Waals surface area contributed by atoms with Gasteiger partial charge < -0.3 is 15.3 Å². The molecule has 1 aromatic carbocycles. The highest BCUT2D eigenvalue weighted by atomic mass is 16.4. The van der Waals surface area contributed by atoms with Gasteiger partial charge in [-0.15, -0.1) is 0 Å². The van der Waals surface area contributed by atoms with Gasteiger partial charge in [0.2, 0.25) is 0 Å². The number of rotatable bonds is 12. The SMILES string of the molecule is CCCCCCCCCCCCc1c(C(=O)O)ccc(O)c1O. The molecule has 4 nitrogen and oxygen atoms in total. The van der Waals surface area contributed by atoms with E-state index in [-0.39, 0.29) is 17.1 Å². The number of phenols is 2. The topological polar surface area (TPSA) is 77.8 Å². The van der Waals surface area contributed by atoms with Crippen LogP contribution in [0.5, 0.6) is 11.5 Å². The van der Waals surface area contributed by atoms with Crippen LogP contribution in [0.3, 0.4) is 0 Å². The lowest BCUT2D eigenvalue weighted by molar-refractivity contribution is 0.0695. The van der Waals surface area contributed by atoms with Gasteiger partial charge in [0.1, 0.15) is 0 Å². The summed E-state index contributed by atoms with van der Waals surface area (Å²) in [6.45, 7) is 2.22. The van der Waals surface area contributed by atoms with E-state index in [0.717, 1.165) is 19.3 Å². The predicted molar refractivity (Wildman–Crippen MR) is 92.3 cm³/mol. The van der Waals surface area contributed by atoms with Gasteiger partial charge in [-0.1, -0.05) is 64.7 Å². The van der Waals surface area contributed by atoms with Gasteiger partial charge in [0.25, 0.3) is 0 Å². The van der Waals surface area contributed by atoms with Crippen LogP contribution < -0.4 is 0 Å². The number of hydrogen-bond donors (Lipinski definition) is 3. The van der Waals surface area contributed by atoms with E-state index in [9.17, 15) is 15.0 Å². The Morgan fingerprint density at radius 2 is 1.39 bits per heavy atom. The van der Waals surface area contributed by atoms with Crippen molar-refractivity contribution in [1.82, 2.24) is 0 Å². The van der Waals surface area contributed by atoms with E-state index >= 15 is 0 Å². The van der Waals surface area contributed by atoms with Gasteiger partial charge in [-0.2, -0.15) is 0 Å². The molecule has 0 aliphatic carbocycles. The summed E-state index contributed by atoms with van der Waals surface area (Å²) >= 11 is 0. The van der Waals surface area contributed by atoms with Gasteiger partial charge >= 0.3 is 5.97 Å². The van der Waals surface area contributed by atoms with Crippen LogP contribution in [0.1, 0.15) is 87.1 Å². The molecule has 23 heavy (non-hydrogen) atoms. The van der Waals surface area contributed by atoms with Crippen LogP contribution in [-0.4, -0.2) is 21.3 Å². The molecule has 0 aliphatic heterocycles. The minimum Gasteiger partial charge on any atom is -0.504 e. The number of carboxylic acids is 1. The van der Waals surface area contributed by atoms with Crippen LogP contribution in [0.15, 0.2) is 12.1 Å². The summed E-state index contributed by atoms with van der Waals surface area (Å²) in [5.74, 6) is -1.61. The average molecular weight is 322 g/mol. The Hall–Kier alpha value is -1.71. The first kappa shape index (κ1) is 19.3. The fourth-order valence-electron chi connectivity index (χ4n) is 2.87. The van der Waals surface area contributed by atoms with Crippen molar-refractivity contribution in [3.05, 3.63) is 23.3 Å². The minimum absolute atomic E-state index is 0.0798. The molecule has 1 rings (SSSR count).